The molecule has 1 N–H and O–H groups in total. The number of rotatable bonds is 8. The van der Waals surface area contributed by atoms with Gasteiger partial charge in [-0.15, -0.1) is 0 Å². The predicted molar refractivity (Wildman–Crippen MR) is 116 cm³/mol. The van der Waals surface area contributed by atoms with Crippen LogP contribution in [0.5, 0.6) is 11.5 Å². The van der Waals surface area contributed by atoms with E-state index in [1.165, 1.54) is 0 Å². The van der Waals surface area contributed by atoms with Crippen LogP contribution in [0.1, 0.15) is 30.0 Å². The first kappa shape index (κ1) is 20.5. The van der Waals surface area contributed by atoms with Crippen molar-refractivity contribution in [1.29, 1.82) is 0 Å². The summed E-state index contributed by atoms with van der Waals surface area (Å²) in [5, 5.41) is 2.93. The fourth-order valence-corrected chi connectivity index (χ4v) is 2.93. The smallest absolute Gasteiger partial charge is 0.265 e. The van der Waals surface area contributed by atoms with Crippen molar-refractivity contribution in [1.82, 2.24) is 0 Å². The highest BCUT2D eigenvalue weighted by molar-refractivity contribution is 5.94. The van der Waals surface area contributed by atoms with Crippen molar-refractivity contribution in [2.24, 2.45) is 0 Å². The van der Waals surface area contributed by atoms with Gasteiger partial charge >= 0.3 is 0 Å². The topological polar surface area (TPSA) is 47.6 Å². The summed E-state index contributed by atoms with van der Waals surface area (Å²) < 4.78 is 11.8. The number of hydrogen-bond acceptors (Lipinski definition) is 3. The van der Waals surface area contributed by atoms with Crippen LogP contribution in [0.2, 0.25) is 0 Å². The molecule has 3 aromatic rings. The van der Waals surface area contributed by atoms with Crippen LogP contribution >= 0.6 is 0 Å². The fourth-order valence-electron chi connectivity index (χ4n) is 2.93. The van der Waals surface area contributed by atoms with E-state index >= 15 is 0 Å². The zero-order chi connectivity index (χ0) is 20.6. The molecule has 0 aliphatic heterocycles. The normalized spacial score (nSPS) is 11.6. The van der Waals surface area contributed by atoms with Crippen LogP contribution in [0.4, 0.5) is 5.69 Å². The van der Waals surface area contributed by atoms with Gasteiger partial charge in [-0.2, -0.15) is 0 Å². The van der Waals surface area contributed by atoms with Gasteiger partial charge < -0.3 is 14.8 Å². The minimum atomic E-state index is -0.551. The maximum absolute atomic E-state index is 12.7. The lowest BCUT2D eigenvalue weighted by molar-refractivity contribution is -0.122. The molecule has 0 bridgehead atoms. The van der Waals surface area contributed by atoms with Crippen LogP contribution in [-0.2, 0) is 11.4 Å². The summed E-state index contributed by atoms with van der Waals surface area (Å²) in [6.07, 6.45) is 0.0295. The Hall–Kier alpha value is -3.27. The molecule has 3 rings (SSSR count). The first-order valence-corrected chi connectivity index (χ1v) is 9.87. The highest BCUT2D eigenvalue weighted by atomic mass is 16.5. The Morgan fingerprint density at radius 2 is 1.66 bits per heavy atom. The first-order chi connectivity index (χ1) is 14.1. The highest BCUT2D eigenvalue weighted by Gasteiger charge is 2.19. The molecule has 0 radical (unpaired) electrons. The molecule has 4 heteroatoms. The Kier molecular flexibility index (Phi) is 6.90. The highest BCUT2D eigenvalue weighted by Crippen LogP contribution is 2.23. The van der Waals surface area contributed by atoms with Gasteiger partial charge in [0.15, 0.2) is 6.10 Å². The van der Waals surface area contributed by atoms with Crippen molar-refractivity contribution in [3.63, 3.8) is 0 Å². The largest absolute Gasteiger partial charge is 0.489 e. The lowest BCUT2D eigenvalue weighted by Gasteiger charge is -2.19. The van der Waals surface area contributed by atoms with Gasteiger partial charge in [0.2, 0.25) is 0 Å². The van der Waals surface area contributed by atoms with Crippen molar-refractivity contribution in [3.05, 3.63) is 89.5 Å². The number of aryl methyl sites for hydroxylation is 1. The van der Waals surface area contributed by atoms with E-state index in [-0.39, 0.29) is 5.91 Å². The molecule has 0 saturated heterocycles. The van der Waals surface area contributed by atoms with E-state index in [0.717, 1.165) is 28.2 Å². The monoisotopic (exact) mass is 389 g/mol. The van der Waals surface area contributed by atoms with E-state index < -0.39 is 6.10 Å². The molecule has 0 aliphatic rings. The molecule has 150 valence electrons. The van der Waals surface area contributed by atoms with Gasteiger partial charge in [0.1, 0.15) is 18.1 Å². The van der Waals surface area contributed by atoms with Crippen LogP contribution in [0.25, 0.3) is 0 Å². The van der Waals surface area contributed by atoms with Gasteiger partial charge in [0.05, 0.1) is 0 Å². The standard InChI is InChI=1S/C25H27NO3/c1-4-23(29-24-12-8-9-18(2)19(24)3)25(27)26-21-13-15-22(16-14-21)28-17-20-10-6-5-7-11-20/h5-16,23H,4,17H2,1-3H3,(H,26,27). The zero-order valence-electron chi connectivity index (χ0n) is 17.1. The molecule has 0 aliphatic carbocycles. The summed E-state index contributed by atoms with van der Waals surface area (Å²) in [6.45, 7) is 6.48. The van der Waals surface area contributed by atoms with Gasteiger partial charge in [-0.3, -0.25) is 4.79 Å². The summed E-state index contributed by atoms with van der Waals surface area (Å²) in [7, 11) is 0. The Morgan fingerprint density at radius 3 is 2.34 bits per heavy atom. The molecule has 1 atom stereocenters. The van der Waals surface area contributed by atoms with Gasteiger partial charge in [-0.05, 0) is 67.3 Å². The number of ether oxygens (including phenoxy) is 2. The van der Waals surface area contributed by atoms with Crippen molar-refractivity contribution < 1.29 is 14.3 Å². The predicted octanol–water partition coefficient (Wildman–Crippen LogP) is 5.68. The molecule has 4 nitrogen and oxygen atoms in total. The third-order valence-electron chi connectivity index (χ3n) is 4.86. The van der Waals surface area contributed by atoms with E-state index in [1.807, 2.05) is 93.6 Å². The molecule has 0 saturated carbocycles. The van der Waals surface area contributed by atoms with E-state index in [1.54, 1.807) is 0 Å². The Morgan fingerprint density at radius 1 is 0.931 bits per heavy atom. The van der Waals surface area contributed by atoms with Crippen LogP contribution in [0, 0.1) is 13.8 Å². The average molecular weight is 389 g/mol. The molecule has 0 aromatic heterocycles. The Labute approximate surface area is 172 Å². The molecule has 0 heterocycles. The van der Waals surface area contributed by atoms with Gasteiger partial charge in [-0.1, -0.05) is 49.4 Å². The molecule has 1 amide bonds. The second kappa shape index (κ2) is 9.78. The van der Waals surface area contributed by atoms with Crippen molar-refractivity contribution in [2.45, 2.75) is 39.9 Å². The number of anilines is 1. The number of hydrogen-bond donors (Lipinski definition) is 1. The summed E-state index contributed by atoms with van der Waals surface area (Å²) in [6, 6.07) is 23.3. The van der Waals surface area contributed by atoms with Crippen molar-refractivity contribution >= 4 is 11.6 Å². The maximum atomic E-state index is 12.7. The second-order valence-electron chi connectivity index (χ2n) is 7.00. The fraction of sp³-hybridized carbons (Fsp3) is 0.240. The Balaban J connectivity index is 1.58. The molecule has 3 aromatic carbocycles. The number of carbonyl (C=O) groups is 1. The van der Waals surface area contributed by atoms with E-state index in [9.17, 15) is 4.79 Å². The number of benzene rings is 3. The molecule has 0 fully saturated rings. The number of amides is 1. The zero-order valence-corrected chi connectivity index (χ0v) is 17.1. The minimum Gasteiger partial charge on any atom is -0.489 e. The van der Waals surface area contributed by atoms with Crippen LogP contribution in [0.3, 0.4) is 0 Å². The third kappa shape index (κ3) is 5.61. The van der Waals surface area contributed by atoms with E-state index in [2.05, 4.69) is 5.32 Å². The number of carbonyl (C=O) groups excluding carboxylic acids is 1. The molecule has 29 heavy (non-hydrogen) atoms. The van der Waals surface area contributed by atoms with Crippen molar-refractivity contribution in [2.75, 3.05) is 5.32 Å². The van der Waals surface area contributed by atoms with Crippen LogP contribution < -0.4 is 14.8 Å². The van der Waals surface area contributed by atoms with Crippen LogP contribution in [0.15, 0.2) is 72.8 Å². The third-order valence-corrected chi connectivity index (χ3v) is 4.86. The van der Waals surface area contributed by atoms with E-state index in [0.29, 0.717) is 18.7 Å². The maximum Gasteiger partial charge on any atom is 0.265 e. The first-order valence-electron chi connectivity index (χ1n) is 9.87. The summed E-state index contributed by atoms with van der Waals surface area (Å²) in [5.74, 6) is 1.34. The van der Waals surface area contributed by atoms with Gasteiger partial charge in [-0.25, -0.2) is 0 Å². The number of nitrogens with one attached hydrogen (secondary N) is 1. The minimum absolute atomic E-state index is 0.161. The van der Waals surface area contributed by atoms with Gasteiger partial charge in [0, 0.05) is 5.69 Å². The lowest BCUT2D eigenvalue weighted by atomic mass is 10.1. The quantitative estimate of drug-likeness (QED) is 0.539. The Bertz CT molecular complexity index is 936. The summed E-state index contributed by atoms with van der Waals surface area (Å²) >= 11 is 0. The second-order valence-corrected chi connectivity index (χ2v) is 7.00. The SMILES string of the molecule is CCC(Oc1cccc(C)c1C)C(=O)Nc1ccc(OCc2ccccc2)cc1. The van der Waals surface area contributed by atoms with E-state index in [4.69, 9.17) is 9.47 Å². The van der Waals surface area contributed by atoms with Gasteiger partial charge in [0.25, 0.3) is 5.91 Å². The molecule has 1 unspecified atom stereocenters. The summed E-state index contributed by atoms with van der Waals surface area (Å²) in [5.41, 5.74) is 4.02. The van der Waals surface area contributed by atoms with Crippen molar-refractivity contribution in [3.8, 4) is 11.5 Å². The molecular formula is C25H27NO3. The average Bonchev–Trinajstić information content (AvgIpc) is 2.75. The molecule has 0 spiro atoms. The lowest BCUT2D eigenvalue weighted by Crippen LogP contribution is -2.32. The summed E-state index contributed by atoms with van der Waals surface area (Å²) in [4.78, 5) is 12.7. The molecular weight excluding hydrogens is 362 g/mol. The van der Waals surface area contributed by atoms with Crippen LogP contribution in [-0.4, -0.2) is 12.0 Å².